The van der Waals surface area contributed by atoms with Crippen molar-refractivity contribution in [2.24, 2.45) is 5.92 Å². The topological polar surface area (TPSA) is 59.0 Å². The van der Waals surface area contributed by atoms with E-state index in [9.17, 15) is 4.39 Å². The number of nitrogens with zero attached hydrogens (tertiary/aromatic N) is 1. The van der Waals surface area contributed by atoms with Crippen molar-refractivity contribution in [3.8, 4) is 11.8 Å². The molecule has 0 radical (unpaired) electrons. The number of hydrogen-bond donors (Lipinski definition) is 1. The first-order chi connectivity index (χ1) is 7.20. The van der Waals surface area contributed by atoms with Crippen LogP contribution in [0.3, 0.4) is 0 Å². The Labute approximate surface area is 87.3 Å². The molecule has 0 heterocycles. The van der Waals surface area contributed by atoms with Crippen LogP contribution in [0.25, 0.3) is 0 Å². The average Bonchev–Trinajstić information content (AvgIpc) is 3.02. The second-order valence-corrected chi connectivity index (χ2v) is 3.73. The maximum atomic E-state index is 13.0. The SMILES string of the molecule is N#Cc1cc(F)cc(OCC2CC2)c1N. The van der Waals surface area contributed by atoms with Crippen LogP contribution < -0.4 is 10.5 Å². The quantitative estimate of drug-likeness (QED) is 0.770. The molecule has 0 saturated heterocycles. The van der Waals surface area contributed by atoms with E-state index in [4.69, 9.17) is 15.7 Å². The van der Waals surface area contributed by atoms with Crippen LogP contribution in [0.15, 0.2) is 12.1 Å². The number of anilines is 1. The van der Waals surface area contributed by atoms with Crippen molar-refractivity contribution in [1.29, 1.82) is 5.26 Å². The van der Waals surface area contributed by atoms with E-state index in [0.29, 0.717) is 12.5 Å². The van der Waals surface area contributed by atoms with Gasteiger partial charge in [0.1, 0.15) is 17.6 Å². The van der Waals surface area contributed by atoms with Crippen LogP contribution in [0.4, 0.5) is 10.1 Å². The second-order valence-electron chi connectivity index (χ2n) is 3.73. The van der Waals surface area contributed by atoms with Crippen molar-refractivity contribution >= 4 is 5.69 Å². The molecule has 1 aromatic rings. The predicted octanol–water partition coefficient (Wildman–Crippen LogP) is 2.07. The molecule has 1 saturated carbocycles. The molecule has 0 aliphatic heterocycles. The molecule has 0 bridgehead atoms. The summed E-state index contributed by atoms with van der Waals surface area (Å²) in [5.74, 6) is 0.350. The molecule has 0 atom stereocenters. The van der Waals surface area contributed by atoms with Crippen LogP contribution in [0.2, 0.25) is 0 Å². The number of nitrogens with two attached hydrogens (primary N) is 1. The molecule has 4 heteroatoms. The Morgan fingerprint density at radius 2 is 2.27 bits per heavy atom. The number of nitriles is 1. The summed E-state index contributed by atoms with van der Waals surface area (Å²) in [7, 11) is 0. The lowest BCUT2D eigenvalue weighted by Gasteiger charge is -2.09. The Balaban J connectivity index is 2.20. The fraction of sp³-hybridized carbons (Fsp3) is 0.364. The molecule has 78 valence electrons. The van der Waals surface area contributed by atoms with E-state index >= 15 is 0 Å². The van der Waals surface area contributed by atoms with Crippen molar-refractivity contribution in [3.63, 3.8) is 0 Å². The summed E-state index contributed by atoms with van der Waals surface area (Å²) in [5.41, 5.74) is 6.00. The van der Waals surface area contributed by atoms with Crippen LogP contribution in [0.5, 0.6) is 5.75 Å². The van der Waals surface area contributed by atoms with Gasteiger partial charge in [0.2, 0.25) is 0 Å². The van der Waals surface area contributed by atoms with Crippen molar-refractivity contribution in [2.45, 2.75) is 12.8 Å². The van der Waals surface area contributed by atoms with Gasteiger partial charge in [0.05, 0.1) is 17.9 Å². The third kappa shape index (κ3) is 2.18. The number of benzene rings is 1. The number of rotatable bonds is 3. The minimum atomic E-state index is -0.494. The summed E-state index contributed by atoms with van der Waals surface area (Å²) in [5, 5.41) is 8.70. The minimum absolute atomic E-state index is 0.126. The van der Waals surface area contributed by atoms with E-state index in [2.05, 4.69) is 0 Å². The highest BCUT2D eigenvalue weighted by Gasteiger charge is 2.22. The van der Waals surface area contributed by atoms with Crippen molar-refractivity contribution in [1.82, 2.24) is 0 Å². The lowest BCUT2D eigenvalue weighted by molar-refractivity contribution is 0.300. The number of nitrogen functional groups attached to an aromatic ring is 1. The highest BCUT2D eigenvalue weighted by molar-refractivity contribution is 5.63. The highest BCUT2D eigenvalue weighted by atomic mass is 19.1. The normalized spacial score (nSPS) is 14.7. The van der Waals surface area contributed by atoms with Crippen LogP contribution in [0.1, 0.15) is 18.4 Å². The summed E-state index contributed by atoms with van der Waals surface area (Å²) in [4.78, 5) is 0. The van der Waals surface area contributed by atoms with Crippen LogP contribution in [0, 0.1) is 23.1 Å². The fourth-order valence-corrected chi connectivity index (χ4v) is 1.30. The molecule has 0 aromatic heterocycles. The molecule has 1 aliphatic rings. The summed E-state index contributed by atoms with van der Waals surface area (Å²) < 4.78 is 18.4. The first-order valence-corrected chi connectivity index (χ1v) is 4.82. The Bertz CT molecular complexity index is 421. The number of hydrogen-bond acceptors (Lipinski definition) is 3. The maximum Gasteiger partial charge on any atom is 0.146 e. The standard InChI is InChI=1S/C11H11FN2O/c12-9-3-8(5-13)11(14)10(4-9)15-6-7-1-2-7/h3-4,7H,1-2,6,14H2. The van der Waals surface area contributed by atoms with Gasteiger partial charge in [-0.3, -0.25) is 0 Å². The fourth-order valence-electron chi connectivity index (χ4n) is 1.30. The Hall–Kier alpha value is -1.76. The largest absolute Gasteiger partial charge is 0.491 e. The van der Waals surface area contributed by atoms with Gasteiger partial charge in [0.15, 0.2) is 0 Å². The number of ether oxygens (including phenoxy) is 1. The van der Waals surface area contributed by atoms with Gasteiger partial charge in [0.25, 0.3) is 0 Å². The second kappa shape index (κ2) is 3.77. The lowest BCUT2D eigenvalue weighted by Crippen LogP contribution is -2.03. The van der Waals surface area contributed by atoms with Crippen LogP contribution >= 0.6 is 0 Å². The highest BCUT2D eigenvalue weighted by Crippen LogP contribution is 2.32. The zero-order valence-corrected chi connectivity index (χ0v) is 8.16. The van der Waals surface area contributed by atoms with E-state index in [1.54, 1.807) is 0 Å². The Kier molecular flexibility index (Phi) is 2.46. The molecule has 0 spiro atoms. The monoisotopic (exact) mass is 206 g/mol. The summed E-state index contributed by atoms with van der Waals surface area (Å²) >= 11 is 0. The molecule has 1 fully saturated rings. The van der Waals surface area contributed by atoms with E-state index < -0.39 is 5.82 Å². The maximum absolute atomic E-state index is 13.0. The molecule has 0 amide bonds. The predicted molar refractivity (Wildman–Crippen MR) is 53.7 cm³/mol. The molecule has 2 N–H and O–H groups in total. The summed E-state index contributed by atoms with van der Waals surface area (Å²) in [6.07, 6.45) is 2.31. The van der Waals surface area contributed by atoms with Crippen molar-refractivity contribution in [3.05, 3.63) is 23.5 Å². The average molecular weight is 206 g/mol. The minimum Gasteiger partial charge on any atom is -0.491 e. The van der Waals surface area contributed by atoms with Crippen LogP contribution in [-0.4, -0.2) is 6.61 Å². The molecule has 1 aliphatic carbocycles. The smallest absolute Gasteiger partial charge is 0.146 e. The van der Waals surface area contributed by atoms with Gasteiger partial charge in [-0.05, 0) is 24.8 Å². The van der Waals surface area contributed by atoms with E-state index in [-0.39, 0.29) is 17.0 Å². The van der Waals surface area contributed by atoms with Gasteiger partial charge < -0.3 is 10.5 Å². The zero-order chi connectivity index (χ0) is 10.8. The first kappa shape index (κ1) is 9.78. The Morgan fingerprint density at radius 1 is 1.53 bits per heavy atom. The third-order valence-corrected chi connectivity index (χ3v) is 2.40. The Morgan fingerprint density at radius 3 is 2.87 bits per heavy atom. The zero-order valence-electron chi connectivity index (χ0n) is 8.16. The first-order valence-electron chi connectivity index (χ1n) is 4.82. The summed E-state index contributed by atoms with van der Waals surface area (Å²) in [6.45, 7) is 0.554. The lowest BCUT2D eigenvalue weighted by atomic mass is 10.2. The molecular formula is C11H11FN2O. The third-order valence-electron chi connectivity index (χ3n) is 2.40. The van der Waals surface area contributed by atoms with E-state index in [1.807, 2.05) is 6.07 Å². The number of halogens is 1. The molecule has 2 rings (SSSR count). The van der Waals surface area contributed by atoms with Gasteiger partial charge in [-0.1, -0.05) is 0 Å². The molecule has 1 aromatic carbocycles. The van der Waals surface area contributed by atoms with Gasteiger partial charge >= 0.3 is 0 Å². The summed E-state index contributed by atoms with van der Waals surface area (Å²) in [6, 6.07) is 4.17. The molecule has 0 unspecified atom stereocenters. The molecule has 15 heavy (non-hydrogen) atoms. The van der Waals surface area contributed by atoms with Gasteiger partial charge in [-0.25, -0.2) is 4.39 Å². The molecular weight excluding hydrogens is 195 g/mol. The van der Waals surface area contributed by atoms with Gasteiger partial charge in [-0.15, -0.1) is 0 Å². The molecule has 3 nitrogen and oxygen atoms in total. The van der Waals surface area contributed by atoms with Crippen molar-refractivity contribution < 1.29 is 9.13 Å². The van der Waals surface area contributed by atoms with E-state index in [0.717, 1.165) is 18.9 Å². The van der Waals surface area contributed by atoms with Gasteiger partial charge in [-0.2, -0.15) is 5.26 Å². The van der Waals surface area contributed by atoms with E-state index in [1.165, 1.54) is 6.07 Å². The van der Waals surface area contributed by atoms with Crippen LogP contribution in [-0.2, 0) is 0 Å². The van der Waals surface area contributed by atoms with Crippen molar-refractivity contribution in [2.75, 3.05) is 12.3 Å². The van der Waals surface area contributed by atoms with Gasteiger partial charge in [0, 0.05) is 6.07 Å².